The van der Waals surface area contributed by atoms with Crippen molar-refractivity contribution >= 4 is 5.97 Å². The molecule has 0 radical (unpaired) electrons. The number of likely N-dealkylation sites (tertiary alicyclic amines) is 1. The third kappa shape index (κ3) is 3.45. The van der Waals surface area contributed by atoms with E-state index in [1.54, 1.807) is 0 Å². The Hall–Kier alpha value is -2.13. The Balaban J connectivity index is 1.83. The highest BCUT2D eigenvalue weighted by Crippen LogP contribution is 2.35. The molecule has 0 saturated carbocycles. The molecule has 3 nitrogen and oxygen atoms in total. The Morgan fingerprint density at radius 3 is 2.48 bits per heavy atom. The van der Waals surface area contributed by atoms with Gasteiger partial charge < -0.3 is 5.11 Å². The van der Waals surface area contributed by atoms with Gasteiger partial charge in [0.2, 0.25) is 0 Å². The topological polar surface area (TPSA) is 40.5 Å². The minimum atomic E-state index is -0.684. The maximum absolute atomic E-state index is 11.8. The van der Waals surface area contributed by atoms with E-state index in [1.165, 1.54) is 16.7 Å². The first-order valence-electron chi connectivity index (χ1n) is 8.26. The van der Waals surface area contributed by atoms with Crippen molar-refractivity contribution in [2.75, 3.05) is 13.1 Å². The van der Waals surface area contributed by atoms with Crippen molar-refractivity contribution in [2.24, 2.45) is 5.92 Å². The molecule has 120 valence electrons. The van der Waals surface area contributed by atoms with E-state index in [-0.39, 0.29) is 11.8 Å². The lowest BCUT2D eigenvalue weighted by molar-refractivity contribution is -0.141. The van der Waals surface area contributed by atoms with Crippen LogP contribution in [0, 0.1) is 5.92 Å². The fourth-order valence-electron chi connectivity index (χ4n) is 3.64. The van der Waals surface area contributed by atoms with Crippen molar-refractivity contribution < 1.29 is 9.90 Å². The van der Waals surface area contributed by atoms with E-state index in [0.29, 0.717) is 6.54 Å². The highest BCUT2D eigenvalue weighted by Gasteiger charge is 2.39. The van der Waals surface area contributed by atoms with Gasteiger partial charge >= 0.3 is 5.97 Å². The van der Waals surface area contributed by atoms with Gasteiger partial charge in [0.25, 0.3) is 0 Å². The molecule has 1 fully saturated rings. The highest BCUT2D eigenvalue weighted by molar-refractivity contribution is 5.72. The average Bonchev–Trinajstić information content (AvgIpc) is 2.99. The van der Waals surface area contributed by atoms with Crippen LogP contribution in [0.3, 0.4) is 0 Å². The summed E-state index contributed by atoms with van der Waals surface area (Å²) in [5, 5.41) is 9.67. The number of carbonyl (C=O) groups is 1. The first kappa shape index (κ1) is 15.8. The van der Waals surface area contributed by atoms with Crippen LogP contribution in [0.15, 0.2) is 54.6 Å². The molecule has 0 amide bonds. The van der Waals surface area contributed by atoms with Gasteiger partial charge in [-0.1, -0.05) is 61.5 Å². The molecule has 0 aromatic heterocycles. The Morgan fingerprint density at radius 2 is 1.78 bits per heavy atom. The first-order valence-corrected chi connectivity index (χ1v) is 8.26. The number of nitrogens with zero attached hydrogens (tertiary/aromatic N) is 1. The maximum Gasteiger partial charge on any atom is 0.308 e. The van der Waals surface area contributed by atoms with Gasteiger partial charge in [-0.05, 0) is 23.1 Å². The summed E-state index contributed by atoms with van der Waals surface area (Å²) in [5.74, 6) is -0.935. The molecular weight excluding hydrogens is 286 g/mol. The van der Waals surface area contributed by atoms with Gasteiger partial charge in [-0.3, -0.25) is 9.69 Å². The molecule has 1 saturated heterocycles. The summed E-state index contributed by atoms with van der Waals surface area (Å²) < 4.78 is 0. The number of aryl methyl sites for hydroxylation is 1. The number of rotatable bonds is 5. The van der Waals surface area contributed by atoms with Crippen LogP contribution in [0.25, 0.3) is 0 Å². The molecule has 0 bridgehead atoms. The number of hydrogen-bond donors (Lipinski definition) is 1. The second-order valence-electron chi connectivity index (χ2n) is 6.28. The number of benzene rings is 2. The molecule has 0 spiro atoms. The van der Waals surface area contributed by atoms with E-state index in [1.807, 2.05) is 30.3 Å². The molecular formula is C20H23NO2. The predicted octanol–water partition coefficient (Wildman–Crippen LogP) is 3.55. The zero-order valence-corrected chi connectivity index (χ0v) is 13.5. The Morgan fingerprint density at radius 1 is 1.09 bits per heavy atom. The van der Waals surface area contributed by atoms with Gasteiger partial charge in [-0.25, -0.2) is 0 Å². The van der Waals surface area contributed by atoms with E-state index in [9.17, 15) is 9.90 Å². The second kappa shape index (κ2) is 6.97. The normalized spacial score (nSPS) is 21.4. The molecule has 2 aromatic rings. The summed E-state index contributed by atoms with van der Waals surface area (Å²) in [4.78, 5) is 14.0. The molecule has 1 aliphatic rings. The molecule has 2 atom stereocenters. The summed E-state index contributed by atoms with van der Waals surface area (Å²) in [7, 11) is 0. The minimum Gasteiger partial charge on any atom is -0.481 e. The van der Waals surface area contributed by atoms with Crippen LogP contribution in [0.5, 0.6) is 0 Å². The van der Waals surface area contributed by atoms with Gasteiger partial charge in [0, 0.05) is 25.6 Å². The molecule has 3 rings (SSSR count). The van der Waals surface area contributed by atoms with E-state index >= 15 is 0 Å². The van der Waals surface area contributed by atoms with Gasteiger partial charge in [0.15, 0.2) is 0 Å². The van der Waals surface area contributed by atoms with E-state index in [0.717, 1.165) is 19.5 Å². The molecule has 2 aromatic carbocycles. The summed E-state index contributed by atoms with van der Waals surface area (Å²) in [6, 6.07) is 18.6. The van der Waals surface area contributed by atoms with Crippen molar-refractivity contribution in [1.29, 1.82) is 0 Å². The third-order valence-corrected chi connectivity index (χ3v) is 4.80. The van der Waals surface area contributed by atoms with Crippen LogP contribution in [-0.2, 0) is 17.8 Å². The zero-order valence-electron chi connectivity index (χ0n) is 13.5. The van der Waals surface area contributed by atoms with Crippen LogP contribution in [0.2, 0.25) is 0 Å². The SMILES string of the molecule is CCc1ccccc1[C@@H]1CN(Cc2ccccc2)C[C@H]1C(=O)O. The number of hydrogen-bond acceptors (Lipinski definition) is 2. The van der Waals surface area contributed by atoms with Crippen LogP contribution in [-0.4, -0.2) is 29.1 Å². The fourth-order valence-corrected chi connectivity index (χ4v) is 3.64. The minimum absolute atomic E-state index is 0.0763. The maximum atomic E-state index is 11.8. The van der Waals surface area contributed by atoms with Crippen LogP contribution >= 0.6 is 0 Å². The van der Waals surface area contributed by atoms with Crippen LogP contribution < -0.4 is 0 Å². The summed E-state index contributed by atoms with van der Waals surface area (Å²) >= 11 is 0. The van der Waals surface area contributed by atoms with Crippen molar-refractivity contribution in [2.45, 2.75) is 25.8 Å². The van der Waals surface area contributed by atoms with Crippen LogP contribution in [0.4, 0.5) is 0 Å². The number of aliphatic carboxylic acids is 1. The smallest absolute Gasteiger partial charge is 0.308 e. The van der Waals surface area contributed by atoms with Gasteiger partial charge in [-0.2, -0.15) is 0 Å². The lowest BCUT2D eigenvalue weighted by Gasteiger charge is -2.19. The largest absolute Gasteiger partial charge is 0.481 e. The predicted molar refractivity (Wildman–Crippen MR) is 91.4 cm³/mol. The second-order valence-corrected chi connectivity index (χ2v) is 6.28. The molecule has 1 heterocycles. The Bertz CT molecular complexity index is 668. The number of carboxylic acids is 1. The van der Waals surface area contributed by atoms with Crippen molar-refractivity contribution in [3.05, 3.63) is 71.3 Å². The van der Waals surface area contributed by atoms with Crippen molar-refractivity contribution in [3.63, 3.8) is 0 Å². The Kier molecular flexibility index (Phi) is 4.77. The van der Waals surface area contributed by atoms with E-state index < -0.39 is 5.97 Å². The van der Waals surface area contributed by atoms with Gasteiger partial charge in [0.1, 0.15) is 0 Å². The highest BCUT2D eigenvalue weighted by atomic mass is 16.4. The Labute approximate surface area is 137 Å². The lowest BCUT2D eigenvalue weighted by atomic mass is 9.85. The summed E-state index contributed by atoms with van der Waals surface area (Å²) in [6.07, 6.45) is 0.942. The zero-order chi connectivity index (χ0) is 16.2. The van der Waals surface area contributed by atoms with Crippen LogP contribution in [0.1, 0.15) is 29.5 Å². The monoisotopic (exact) mass is 309 g/mol. The molecule has 0 unspecified atom stereocenters. The number of carboxylic acid groups (broad SMARTS) is 1. The van der Waals surface area contributed by atoms with E-state index in [2.05, 4.69) is 36.1 Å². The molecule has 3 heteroatoms. The summed E-state index contributed by atoms with van der Waals surface area (Å²) in [5.41, 5.74) is 3.71. The fraction of sp³-hybridized carbons (Fsp3) is 0.350. The van der Waals surface area contributed by atoms with E-state index in [4.69, 9.17) is 0 Å². The first-order chi connectivity index (χ1) is 11.2. The molecule has 1 N–H and O–H groups in total. The molecule has 1 aliphatic heterocycles. The van der Waals surface area contributed by atoms with Gasteiger partial charge in [-0.15, -0.1) is 0 Å². The molecule has 23 heavy (non-hydrogen) atoms. The summed E-state index contributed by atoms with van der Waals surface area (Å²) in [6.45, 7) is 4.37. The van der Waals surface area contributed by atoms with Gasteiger partial charge in [0.05, 0.1) is 5.92 Å². The standard InChI is InChI=1S/C20H23NO2/c1-2-16-10-6-7-11-17(16)18-13-21(14-19(18)20(22)23)12-15-8-4-3-5-9-15/h3-11,18-19H,2,12-14H2,1H3,(H,22,23)/t18-,19+/m0/s1. The third-order valence-electron chi connectivity index (χ3n) is 4.80. The van der Waals surface area contributed by atoms with Crippen molar-refractivity contribution in [3.8, 4) is 0 Å². The molecule has 0 aliphatic carbocycles. The lowest BCUT2D eigenvalue weighted by Crippen LogP contribution is -2.23. The van der Waals surface area contributed by atoms with Crippen molar-refractivity contribution in [1.82, 2.24) is 4.90 Å². The quantitative estimate of drug-likeness (QED) is 0.918. The average molecular weight is 309 g/mol.